The molecule has 2 unspecified atom stereocenters. The summed E-state index contributed by atoms with van der Waals surface area (Å²) in [5.41, 5.74) is 0. The van der Waals surface area contributed by atoms with E-state index in [9.17, 15) is 5.11 Å². The number of nitrogens with zero attached hydrogens (tertiary/aromatic N) is 1. The van der Waals surface area contributed by atoms with Gasteiger partial charge in [-0.25, -0.2) is 0 Å². The van der Waals surface area contributed by atoms with Crippen molar-refractivity contribution in [2.75, 3.05) is 19.6 Å². The molecule has 2 atom stereocenters. The topological polar surface area (TPSA) is 35.5 Å². The normalized spacial score (nSPS) is 44.1. The summed E-state index contributed by atoms with van der Waals surface area (Å²) >= 11 is 0. The van der Waals surface area contributed by atoms with Gasteiger partial charge in [0.05, 0.1) is 6.10 Å². The fraction of sp³-hybridized carbons (Fsp3) is 1.00. The van der Waals surface area contributed by atoms with Crippen LogP contribution in [0.1, 0.15) is 38.5 Å². The van der Waals surface area contributed by atoms with Crippen molar-refractivity contribution in [3.05, 3.63) is 0 Å². The van der Waals surface area contributed by atoms with Gasteiger partial charge in [0.1, 0.15) is 0 Å². The first kappa shape index (κ1) is 11.0. The third-order valence-corrected chi connectivity index (χ3v) is 4.73. The molecular weight excluding hydrogens is 200 g/mol. The van der Waals surface area contributed by atoms with Gasteiger partial charge < -0.3 is 15.3 Å². The largest absolute Gasteiger partial charge is 0.393 e. The second-order valence-corrected chi connectivity index (χ2v) is 5.95. The van der Waals surface area contributed by atoms with Crippen molar-refractivity contribution in [2.24, 2.45) is 5.92 Å². The number of aliphatic hydroxyl groups is 1. The first-order valence-electron chi connectivity index (χ1n) is 6.97. The van der Waals surface area contributed by atoms with Crippen LogP contribution in [0.4, 0.5) is 0 Å². The van der Waals surface area contributed by atoms with E-state index >= 15 is 0 Å². The zero-order valence-electron chi connectivity index (χ0n) is 10.1. The van der Waals surface area contributed by atoms with Crippen molar-refractivity contribution in [3.63, 3.8) is 0 Å². The summed E-state index contributed by atoms with van der Waals surface area (Å²) in [7, 11) is 0. The Morgan fingerprint density at radius 2 is 2.00 bits per heavy atom. The molecule has 0 aromatic carbocycles. The van der Waals surface area contributed by atoms with Crippen molar-refractivity contribution >= 4 is 0 Å². The fourth-order valence-electron chi connectivity index (χ4n) is 3.61. The lowest BCUT2D eigenvalue weighted by Gasteiger charge is -2.37. The van der Waals surface area contributed by atoms with E-state index in [4.69, 9.17) is 0 Å². The minimum absolute atomic E-state index is 0.00322. The van der Waals surface area contributed by atoms with Gasteiger partial charge in [0, 0.05) is 12.1 Å². The Labute approximate surface area is 98.2 Å². The lowest BCUT2D eigenvalue weighted by Crippen LogP contribution is -2.48. The molecule has 16 heavy (non-hydrogen) atoms. The number of rotatable bonds is 3. The standard InChI is InChI=1S/C13H24N2O/c16-13-6-10(7-13)9-14-11-3-5-15-4-1-2-12(15)8-11/h10-14,16H,1-9H2. The van der Waals surface area contributed by atoms with Gasteiger partial charge in [0.25, 0.3) is 0 Å². The van der Waals surface area contributed by atoms with Gasteiger partial charge in [-0.2, -0.15) is 0 Å². The highest BCUT2D eigenvalue weighted by atomic mass is 16.3. The molecule has 2 N–H and O–H groups in total. The van der Waals surface area contributed by atoms with Gasteiger partial charge in [-0.1, -0.05) is 0 Å². The average Bonchev–Trinajstić information content (AvgIpc) is 2.69. The summed E-state index contributed by atoms with van der Waals surface area (Å²) in [5.74, 6) is 0.747. The summed E-state index contributed by atoms with van der Waals surface area (Å²) in [6.45, 7) is 3.77. The smallest absolute Gasteiger partial charge is 0.0546 e. The molecule has 0 radical (unpaired) electrons. The third kappa shape index (κ3) is 2.27. The van der Waals surface area contributed by atoms with E-state index < -0.39 is 0 Å². The van der Waals surface area contributed by atoms with Gasteiger partial charge >= 0.3 is 0 Å². The molecule has 1 saturated carbocycles. The average molecular weight is 224 g/mol. The van der Waals surface area contributed by atoms with E-state index in [1.807, 2.05) is 0 Å². The molecule has 0 aromatic heterocycles. The Morgan fingerprint density at radius 1 is 1.12 bits per heavy atom. The van der Waals surface area contributed by atoms with E-state index in [1.165, 1.54) is 38.8 Å². The fourth-order valence-corrected chi connectivity index (χ4v) is 3.61. The predicted octanol–water partition coefficient (Wildman–Crippen LogP) is 0.974. The number of fused-ring (bicyclic) bond motifs is 1. The molecule has 1 aliphatic carbocycles. The molecule has 2 saturated heterocycles. The maximum absolute atomic E-state index is 9.24. The van der Waals surface area contributed by atoms with Crippen LogP contribution in [0.5, 0.6) is 0 Å². The lowest BCUT2D eigenvalue weighted by molar-refractivity contribution is 0.0398. The first-order valence-corrected chi connectivity index (χ1v) is 6.97. The van der Waals surface area contributed by atoms with Crippen LogP contribution in [-0.4, -0.2) is 47.8 Å². The summed E-state index contributed by atoms with van der Waals surface area (Å²) in [5, 5.41) is 13.0. The van der Waals surface area contributed by atoms with Crippen molar-refractivity contribution in [1.29, 1.82) is 0 Å². The zero-order valence-corrected chi connectivity index (χ0v) is 10.1. The number of piperidine rings is 1. The lowest BCUT2D eigenvalue weighted by atomic mass is 9.82. The summed E-state index contributed by atoms with van der Waals surface area (Å²) in [6.07, 6.45) is 7.56. The van der Waals surface area contributed by atoms with E-state index in [2.05, 4.69) is 10.2 Å². The summed E-state index contributed by atoms with van der Waals surface area (Å²) in [6, 6.07) is 1.62. The summed E-state index contributed by atoms with van der Waals surface area (Å²) < 4.78 is 0. The van der Waals surface area contributed by atoms with Crippen LogP contribution in [0.2, 0.25) is 0 Å². The van der Waals surface area contributed by atoms with Gasteiger partial charge in [0.2, 0.25) is 0 Å². The highest BCUT2D eigenvalue weighted by Gasteiger charge is 2.32. The molecule has 0 spiro atoms. The Morgan fingerprint density at radius 3 is 2.81 bits per heavy atom. The molecule has 2 heterocycles. The highest BCUT2D eigenvalue weighted by molar-refractivity contribution is 4.90. The van der Waals surface area contributed by atoms with E-state index in [0.29, 0.717) is 0 Å². The highest BCUT2D eigenvalue weighted by Crippen LogP contribution is 2.29. The molecule has 2 aliphatic heterocycles. The van der Waals surface area contributed by atoms with Crippen LogP contribution in [0.15, 0.2) is 0 Å². The van der Waals surface area contributed by atoms with Crippen LogP contribution in [0.3, 0.4) is 0 Å². The third-order valence-electron chi connectivity index (χ3n) is 4.73. The molecule has 3 fully saturated rings. The van der Waals surface area contributed by atoms with Gasteiger partial charge in [-0.3, -0.25) is 0 Å². The van der Waals surface area contributed by atoms with Crippen LogP contribution in [0.25, 0.3) is 0 Å². The molecule has 92 valence electrons. The van der Waals surface area contributed by atoms with Crippen LogP contribution < -0.4 is 5.32 Å². The molecule has 3 nitrogen and oxygen atoms in total. The Bertz CT molecular complexity index is 240. The van der Waals surface area contributed by atoms with Crippen molar-refractivity contribution in [3.8, 4) is 0 Å². The van der Waals surface area contributed by atoms with Crippen LogP contribution in [-0.2, 0) is 0 Å². The van der Waals surface area contributed by atoms with Crippen LogP contribution in [0, 0.1) is 5.92 Å². The number of nitrogens with one attached hydrogen (secondary N) is 1. The second kappa shape index (κ2) is 4.63. The van der Waals surface area contributed by atoms with Crippen LogP contribution >= 0.6 is 0 Å². The van der Waals surface area contributed by atoms with Gasteiger partial charge in [0.15, 0.2) is 0 Å². The van der Waals surface area contributed by atoms with E-state index in [-0.39, 0.29) is 6.10 Å². The maximum Gasteiger partial charge on any atom is 0.0546 e. The molecule has 3 rings (SSSR count). The van der Waals surface area contributed by atoms with Crippen molar-refractivity contribution in [2.45, 2.75) is 56.7 Å². The molecule has 0 amide bonds. The SMILES string of the molecule is OC1CC(CNC2CCN3CCCC3C2)C1. The van der Waals surface area contributed by atoms with E-state index in [0.717, 1.165) is 37.4 Å². The quantitative estimate of drug-likeness (QED) is 0.750. The molecular formula is C13H24N2O. The van der Waals surface area contributed by atoms with Gasteiger partial charge in [-0.05, 0) is 64.1 Å². The number of hydrogen-bond donors (Lipinski definition) is 2. The van der Waals surface area contributed by atoms with Crippen molar-refractivity contribution < 1.29 is 5.11 Å². The molecule has 3 aliphatic rings. The Kier molecular flexibility index (Phi) is 3.18. The maximum atomic E-state index is 9.24. The second-order valence-electron chi connectivity index (χ2n) is 5.95. The molecule has 0 aromatic rings. The summed E-state index contributed by atoms with van der Waals surface area (Å²) in [4.78, 5) is 2.67. The minimum atomic E-state index is 0.00322. The first-order chi connectivity index (χ1) is 7.81. The monoisotopic (exact) mass is 224 g/mol. The number of aliphatic hydroxyl groups excluding tert-OH is 1. The van der Waals surface area contributed by atoms with Gasteiger partial charge in [-0.15, -0.1) is 0 Å². The van der Waals surface area contributed by atoms with E-state index in [1.54, 1.807) is 0 Å². The predicted molar refractivity (Wildman–Crippen MR) is 64.4 cm³/mol. The molecule has 0 bridgehead atoms. The Hall–Kier alpha value is -0.120. The van der Waals surface area contributed by atoms with Crippen molar-refractivity contribution in [1.82, 2.24) is 10.2 Å². The minimum Gasteiger partial charge on any atom is -0.393 e. The Balaban J connectivity index is 1.39. The number of hydrogen-bond acceptors (Lipinski definition) is 3. The zero-order chi connectivity index (χ0) is 11.0. The molecule has 3 heteroatoms.